The molecule has 1 fully saturated rings. The third kappa shape index (κ3) is 3.59. The number of pyridine rings is 1. The first-order valence-corrected chi connectivity index (χ1v) is 10.5. The summed E-state index contributed by atoms with van der Waals surface area (Å²) in [5, 5.41) is 4.04. The molecule has 4 aromatic rings. The molecule has 2 aromatic heterocycles. The Morgan fingerprint density at radius 2 is 1.77 bits per heavy atom. The first-order valence-electron chi connectivity index (χ1n) is 10.1. The number of nitrogens with zero attached hydrogens (tertiary/aromatic N) is 3. The van der Waals surface area contributed by atoms with Gasteiger partial charge in [0.25, 0.3) is 0 Å². The first-order chi connectivity index (χ1) is 15.1. The van der Waals surface area contributed by atoms with Gasteiger partial charge in [0.15, 0.2) is 5.11 Å². The molecule has 5 rings (SSSR count). The van der Waals surface area contributed by atoms with E-state index in [1.807, 2.05) is 42.5 Å². The lowest BCUT2D eigenvalue weighted by molar-refractivity contribution is 0.567. The lowest BCUT2D eigenvalue weighted by Gasteiger charge is -2.27. The normalized spacial score (nSPS) is 18.3. The largest absolute Gasteiger partial charge is 0.351 e. The number of aryl methyl sites for hydroxylation is 1. The minimum Gasteiger partial charge on any atom is -0.351 e. The number of aromatic nitrogens is 2. The van der Waals surface area contributed by atoms with Crippen LogP contribution in [0, 0.1) is 12.7 Å². The van der Waals surface area contributed by atoms with Crippen LogP contribution in [0.2, 0.25) is 0 Å². The zero-order chi connectivity index (χ0) is 21.4. The van der Waals surface area contributed by atoms with Crippen molar-refractivity contribution in [1.82, 2.24) is 14.9 Å². The van der Waals surface area contributed by atoms with E-state index in [0.717, 1.165) is 22.6 Å². The summed E-state index contributed by atoms with van der Waals surface area (Å²) in [4.78, 5) is 6.64. The Labute approximate surface area is 186 Å². The van der Waals surface area contributed by atoms with Crippen molar-refractivity contribution in [3.8, 4) is 5.69 Å². The van der Waals surface area contributed by atoms with Crippen molar-refractivity contribution in [2.75, 3.05) is 4.90 Å². The standard InChI is InChI=1S/C25H21FN4S/c1-17-15-20(10-11-21(17)26)30-24(23(28-25(30)31)22-9-5-6-13-27-22)18-12-14-29(16-18)19-7-3-2-4-8-19/h2-16,23-24H,1H3,(H,28,31)/t23-,24+/m0/s1. The summed E-state index contributed by atoms with van der Waals surface area (Å²) < 4.78 is 16.1. The van der Waals surface area contributed by atoms with Crippen LogP contribution >= 0.6 is 12.2 Å². The molecule has 1 aliphatic heterocycles. The number of rotatable bonds is 4. The number of benzene rings is 2. The topological polar surface area (TPSA) is 33.1 Å². The predicted octanol–water partition coefficient (Wildman–Crippen LogP) is 5.50. The highest BCUT2D eigenvalue weighted by Crippen LogP contribution is 2.42. The van der Waals surface area contributed by atoms with E-state index in [1.54, 1.807) is 19.2 Å². The Balaban J connectivity index is 1.61. The van der Waals surface area contributed by atoms with E-state index in [-0.39, 0.29) is 17.9 Å². The highest BCUT2D eigenvalue weighted by Gasteiger charge is 2.41. The van der Waals surface area contributed by atoms with Crippen molar-refractivity contribution in [2.45, 2.75) is 19.0 Å². The quantitative estimate of drug-likeness (QED) is 0.435. The highest BCUT2D eigenvalue weighted by molar-refractivity contribution is 7.80. The van der Waals surface area contributed by atoms with Gasteiger partial charge in [-0.05, 0) is 78.8 Å². The molecule has 4 nitrogen and oxygen atoms in total. The van der Waals surface area contributed by atoms with Crippen molar-refractivity contribution >= 4 is 23.0 Å². The van der Waals surface area contributed by atoms with Gasteiger partial charge in [-0.1, -0.05) is 24.3 Å². The molecule has 0 saturated carbocycles. The number of thiocarbonyl (C=S) groups is 1. The maximum Gasteiger partial charge on any atom is 0.174 e. The lowest BCUT2D eigenvalue weighted by atomic mass is 9.98. The van der Waals surface area contributed by atoms with Gasteiger partial charge in [0.2, 0.25) is 0 Å². The number of hydrogen-bond donors (Lipinski definition) is 1. The minimum atomic E-state index is -0.227. The summed E-state index contributed by atoms with van der Waals surface area (Å²) in [6.45, 7) is 1.77. The summed E-state index contributed by atoms with van der Waals surface area (Å²) in [5.41, 5.74) is 4.52. The van der Waals surface area contributed by atoms with Gasteiger partial charge in [-0.3, -0.25) is 4.98 Å². The Bertz CT molecular complexity index is 1220. The molecule has 6 heteroatoms. The Morgan fingerprint density at radius 3 is 2.52 bits per heavy atom. The van der Waals surface area contributed by atoms with Gasteiger partial charge in [-0.15, -0.1) is 0 Å². The van der Waals surface area contributed by atoms with Gasteiger partial charge in [-0.25, -0.2) is 4.39 Å². The van der Waals surface area contributed by atoms with Crippen molar-refractivity contribution in [2.24, 2.45) is 0 Å². The number of nitrogens with one attached hydrogen (secondary N) is 1. The van der Waals surface area contributed by atoms with Crippen LogP contribution < -0.4 is 10.2 Å². The average molecular weight is 429 g/mol. The van der Waals surface area contributed by atoms with E-state index in [9.17, 15) is 4.39 Å². The molecule has 2 atom stereocenters. The molecule has 0 radical (unpaired) electrons. The molecule has 31 heavy (non-hydrogen) atoms. The lowest BCUT2D eigenvalue weighted by Crippen LogP contribution is -2.29. The van der Waals surface area contributed by atoms with Gasteiger partial charge in [0.1, 0.15) is 5.82 Å². The minimum absolute atomic E-state index is 0.128. The summed E-state index contributed by atoms with van der Waals surface area (Å²) in [6.07, 6.45) is 5.96. The molecule has 1 saturated heterocycles. The van der Waals surface area contributed by atoms with Gasteiger partial charge in [-0.2, -0.15) is 0 Å². The zero-order valence-electron chi connectivity index (χ0n) is 16.9. The Kier molecular flexibility index (Phi) is 5.00. The number of halogens is 1. The molecule has 1 aliphatic rings. The molecule has 3 heterocycles. The smallest absolute Gasteiger partial charge is 0.174 e. The summed E-state index contributed by atoms with van der Waals surface area (Å²) in [6, 6.07) is 23.0. The maximum absolute atomic E-state index is 14.0. The molecule has 0 bridgehead atoms. The van der Waals surface area contributed by atoms with Crippen LogP contribution in [0.15, 0.2) is 91.4 Å². The van der Waals surface area contributed by atoms with Crippen molar-refractivity contribution in [1.29, 1.82) is 0 Å². The fourth-order valence-electron chi connectivity index (χ4n) is 4.10. The Hall–Kier alpha value is -3.51. The van der Waals surface area contributed by atoms with E-state index >= 15 is 0 Å². The van der Waals surface area contributed by atoms with Crippen LogP contribution in [0.5, 0.6) is 0 Å². The van der Waals surface area contributed by atoms with Gasteiger partial charge >= 0.3 is 0 Å². The van der Waals surface area contributed by atoms with Crippen LogP contribution in [-0.4, -0.2) is 14.7 Å². The fraction of sp³-hybridized carbons (Fsp3) is 0.120. The fourth-order valence-corrected chi connectivity index (χ4v) is 4.45. The molecule has 0 unspecified atom stereocenters. The molecule has 0 spiro atoms. The van der Waals surface area contributed by atoms with E-state index in [2.05, 4.69) is 50.4 Å². The average Bonchev–Trinajstić information content (AvgIpc) is 3.41. The third-order valence-corrected chi connectivity index (χ3v) is 5.94. The van der Waals surface area contributed by atoms with Gasteiger partial charge < -0.3 is 14.8 Å². The van der Waals surface area contributed by atoms with Crippen molar-refractivity contribution in [3.63, 3.8) is 0 Å². The second kappa shape index (κ2) is 7.96. The zero-order valence-corrected chi connectivity index (χ0v) is 17.8. The van der Waals surface area contributed by atoms with Gasteiger partial charge in [0.05, 0.1) is 17.8 Å². The number of para-hydroxylation sites is 1. The van der Waals surface area contributed by atoms with Crippen LogP contribution in [-0.2, 0) is 0 Å². The molecular formula is C25H21FN4S. The molecule has 1 N–H and O–H groups in total. The summed E-state index contributed by atoms with van der Waals surface area (Å²) in [5.74, 6) is -0.227. The Morgan fingerprint density at radius 1 is 0.968 bits per heavy atom. The maximum atomic E-state index is 14.0. The first kappa shape index (κ1) is 19.5. The molecule has 0 aliphatic carbocycles. The number of hydrogen-bond acceptors (Lipinski definition) is 2. The molecule has 2 aromatic carbocycles. The monoisotopic (exact) mass is 428 g/mol. The van der Waals surface area contributed by atoms with E-state index in [4.69, 9.17) is 12.2 Å². The summed E-state index contributed by atoms with van der Waals surface area (Å²) in [7, 11) is 0. The van der Waals surface area contributed by atoms with Crippen LogP contribution in [0.25, 0.3) is 5.69 Å². The SMILES string of the molecule is Cc1cc(N2C(=S)N[C@@H](c3ccccn3)[C@H]2c2ccn(-c3ccccc3)c2)ccc1F. The molecule has 154 valence electrons. The number of anilines is 1. The second-order valence-corrected chi connectivity index (χ2v) is 8.00. The summed E-state index contributed by atoms with van der Waals surface area (Å²) >= 11 is 5.74. The van der Waals surface area contributed by atoms with Crippen molar-refractivity contribution in [3.05, 3.63) is 114 Å². The van der Waals surface area contributed by atoms with E-state index in [0.29, 0.717) is 10.7 Å². The van der Waals surface area contributed by atoms with Gasteiger partial charge in [0, 0.05) is 30.0 Å². The van der Waals surface area contributed by atoms with E-state index in [1.165, 1.54) is 6.07 Å². The van der Waals surface area contributed by atoms with Crippen LogP contribution in [0.4, 0.5) is 10.1 Å². The van der Waals surface area contributed by atoms with Crippen LogP contribution in [0.1, 0.15) is 28.9 Å². The van der Waals surface area contributed by atoms with Crippen molar-refractivity contribution < 1.29 is 4.39 Å². The predicted molar refractivity (Wildman–Crippen MR) is 125 cm³/mol. The third-order valence-electron chi connectivity index (χ3n) is 5.63. The molecule has 0 amide bonds. The molecular weight excluding hydrogens is 407 g/mol. The van der Waals surface area contributed by atoms with E-state index < -0.39 is 0 Å². The second-order valence-electron chi connectivity index (χ2n) is 7.62. The van der Waals surface area contributed by atoms with Crippen LogP contribution in [0.3, 0.4) is 0 Å². The highest BCUT2D eigenvalue weighted by atomic mass is 32.1.